The number of hydrogen-bond acceptors (Lipinski definition) is 5. The Morgan fingerprint density at radius 1 is 1.67 bits per heavy atom. The van der Waals surface area contributed by atoms with E-state index >= 15 is 0 Å². The van der Waals surface area contributed by atoms with Crippen molar-refractivity contribution >= 4 is 21.4 Å². The van der Waals surface area contributed by atoms with Crippen molar-refractivity contribution in [3.63, 3.8) is 0 Å². The van der Waals surface area contributed by atoms with Crippen LogP contribution in [-0.4, -0.2) is 37.4 Å². The van der Waals surface area contributed by atoms with Crippen LogP contribution < -0.4 is 4.74 Å². The fraction of sp³-hybridized carbons (Fsp3) is 0.545. The Morgan fingerprint density at radius 3 is 3.11 bits per heavy atom. The molecule has 0 aromatic carbocycles. The Bertz CT molecular complexity index is 697. The summed E-state index contributed by atoms with van der Waals surface area (Å²) in [4.78, 5) is 8.38. The molecule has 0 atom stereocenters. The highest BCUT2D eigenvalue weighted by Gasteiger charge is 2.42. The highest BCUT2D eigenvalue weighted by molar-refractivity contribution is 9.10. The molecule has 2 heterocycles. The highest BCUT2D eigenvalue weighted by Crippen LogP contribution is 2.44. The average Bonchev–Trinajstić information content (AvgIpc) is 2.71. The smallest absolute Gasteiger partial charge is 0.244 e. The van der Waals surface area contributed by atoms with E-state index in [0.717, 1.165) is 0 Å². The number of nitrogens with zero attached hydrogens (tertiary/aromatic N) is 4. The van der Waals surface area contributed by atoms with Crippen molar-refractivity contribution in [3.05, 3.63) is 16.8 Å². The van der Waals surface area contributed by atoms with E-state index in [1.807, 2.05) is 0 Å². The first-order chi connectivity index (χ1) is 9.77. The van der Waals surface area contributed by atoms with Gasteiger partial charge in [-0.1, -0.05) is 0 Å². The zero-order chi connectivity index (χ0) is 15.4. The first-order valence-corrected chi connectivity index (χ1v) is 6.21. The Balaban J connectivity index is 1.98. The molecule has 0 bridgehead atoms. The van der Waals surface area contributed by atoms with Gasteiger partial charge in [0.2, 0.25) is 5.88 Å². The quantitative estimate of drug-likeness (QED) is 0.909. The number of halogens is 1. The van der Waals surface area contributed by atoms with Gasteiger partial charge in [-0.15, -0.1) is 0 Å². The molecule has 96 valence electrons. The second-order valence-electron chi connectivity index (χ2n) is 4.43. The molecule has 0 saturated heterocycles. The molecule has 18 heavy (non-hydrogen) atoms. The number of aromatic nitrogens is 4. The van der Waals surface area contributed by atoms with Gasteiger partial charge >= 0.3 is 0 Å². The monoisotopic (exact) mass is 315 g/mol. The molecule has 7 heteroatoms. The number of methoxy groups -OCH3 is 1. The van der Waals surface area contributed by atoms with Crippen LogP contribution in [0.3, 0.4) is 0 Å². The van der Waals surface area contributed by atoms with Crippen molar-refractivity contribution in [3.8, 4) is 5.88 Å². The molecular weight excluding hydrogens is 300 g/mol. The third kappa shape index (κ3) is 1.69. The molecule has 1 saturated carbocycles. The summed E-state index contributed by atoms with van der Waals surface area (Å²) in [6, 6.07) is 0. The lowest BCUT2D eigenvalue weighted by Crippen LogP contribution is -2.40. The summed E-state index contributed by atoms with van der Waals surface area (Å²) in [5, 5.41) is 14.2. The molecule has 0 unspecified atom stereocenters. The van der Waals surface area contributed by atoms with Gasteiger partial charge in [0.25, 0.3) is 0 Å². The molecule has 1 aliphatic rings. The highest BCUT2D eigenvalue weighted by atomic mass is 79.9. The Morgan fingerprint density at radius 2 is 2.44 bits per heavy atom. The molecule has 3 rings (SSSR count). The van der Waals surface area contributed by atoms with Crippen molar-refractivity contribution in [1.82, 2.24) is 19.6 Å². The number of hydrogen-bond donors (Lipinski definition) is 1. The molecule has 0 spiro atoms. The second-order valence-corrected chi connectivity index (χ2v) is 5.18. The van der Waals surface area contributed by atoms with Crippen LogP contribution >= 0.6 is 15.9 Å². The normalized spacial score (nSPS) is 30.4. The summed E-state index contributed by atoms with van der Waals surface area (Å²) in [6.45, 7) is -2.39. The standard InChI is InChI=1S/C11H13BrN4O2/c1-11(17)3-6(4-11)9-15-8(12)7-10(18-2)13-5-14-16(7)9/h5-6,17H,3-4H2,1-2H3/t6-,11-/i1D3. The maximum atomic E-state index is 10.1. The molecular formula is C11H13BrN4O2. The largest absolute Gasteiger partial charge is 0.479 e. The van der Waals surface area contributed by atoms with E-state index < -0.39 is 12.5 Å². The van der Waals surface area contributed by atoms with Gasteiger partial charge in [0.05, 0.1) is 12.7 Å². The van der Waals surface area contributed by atoms with E-state index in [1.165, 1.54) is 13.4 Å². The predicted molar refractivity (Wildman–Crippen MR) is 67.6 cm³/mol. The van der Waals surface area contributed by atoms with E-state index in [0.29, 0.717) is 21.8 Å². The van der Waals surface area contributed by atoms with Crippen LogP contribution in [0.15, 0.2) is 10.9 Å². The fourth-order valence-electron chi connectivity index (χ4n) is 2.24. The molecule has 0 aliphatic heterocycles. The summed E-state index contributed by atoms with van der Waals surface area (Å²) in [5.74, 6) is 0.793. The van der Waals surface area contributed by atoms with Crippen LogP contribution in [0.1, 0.15) is 35.5 Å². The van der Waals surface area contributed by atoms with Gasteiger partial charge in [-0.25, -0.2) is 9.50 Å². The fourth-order valence-corrected chi connectivity index (χ4v) is 2.76. The van der Waals surface area contributed by atoms with Gasteiger partial charge < -0.3 is 9.84 Å². The summed E-state index contributed by atoms with van der Waals surface area (Å²) in [6.07, 6.45) is 1.60. The maximum absolute atomic E-state index is 10.1. The van der Waals surface area contributed by atoms with Crippen LogP contribution in [0.2, 0.25) is 0 Å². The molecule has 1 aliphatic carbocycles. The first-order valence-electron chi connectivity index (χ1n) is 6.92. The van der Waals surface area contributed by atoms with E-state index in [-0.39, 0.29) is 18.8 Å². The molecule has 2 aromatic heterocycles. The van der Waals surface area contributed by atoms with E-state index in [1.54, 1.807) is 4.52 Å². The predicted octanol–water partition coefficient (Wildman–Crippen LogP) is 1.52. The lowest BCUT2D eigenvalue weighted by molar-refractivity contribution is -0.0337. The second kappa shape index (κ2) is 3.89. The van der Waals surface area contributed by atoms with Crippen molar-refractivity contribution < 1.29 is 14.0 Å². The van der Waals surface area contributed by atoms with Crippen molar-refractivity contribution in [2.75, 3.05) is 7.11 Å². The number of imidazole rings is 1. The third-order valence-electron chi connectivity index (χ3n) is 3.11. The van der Waals surface area contributed by atoms with E-state index in [9.17, 15) is 5.11 Å². The molecule has 1 fully saturated rings. The van der Waals surface area contributed by atoms with Crippen molar-refractivity contribution in [1.29, 1.82) is 0 Å². The number of rotatable bonds is 2. The van der Waals surface area contributed by atoms with Crippen LogP contribution in [0, 0.1) is 0 Å². The number of ether oxygens (including phenoxy) is 1. The van der Waals surface area contributed by atoms with Gasteiger partial charge in [-0.05, 0) is 35.6 Å². The minimum Gasteiger partial charge on any atom is -0.479 e. The van der Waals surface area contributed by atoms with Crippen molar-refractivity contribution in [2.45, 2.75) is 31.2 Å². The lowest BCUT2D eigenvalue weighted by atomic mass is 9.72. The Kier molecular flexibility index (Phi) is 1.91. The van der Waals surface area contributed by atoms with E-state index in [4.69, 9.17) is 8.85 Å². The lowest BCUT2D eigenvalue weighted by Gasteiger charge is -2.39. The third-order valence-corrected chi connectivity index (χ3v) is 3.66. The topological polar surface area (TPSA) is 72.5 Å². The minimum atomic E-state index is -2.39. The molecule has 1 N–H and O–H groups in total. The van der Waals surface area contributed by atoms with Crippen LogP contribution in [0.5, 0.6) is 5.88 Å². The van der Waals surface area contributed by atoms with E-state index in [2.05, 4.69) is 31.0 Å². The van der Waals surface area contributed by atoms with Gasteiger partial charge in [0.15, 0.2) is 5.52 Å². The number of fused-ring (bicyclic) bond motifs is 1. The molecule has 0 radical (unpaired) electrons. The zero-order valence-electron chi connectivity index (χ0n) is 12.6. The summed E-state index contributed by atoms with van der Waals surface area (Å²) >= 11 is 3.33. The SMILES string of the molecule is [2H]C([2H])([2H])[C@]1(O)C[C@H](c2nc(Br)c3c(OC)ncnn32)C1. The first kappa shape index (κ1) is 8.82. The van der Waals surface area contributed by atoms with Gasteiger partial charge in [0.1, 0.15) is 16.8 Å². The van der Waals surface area contributed by atoms with Gasteiger partial charge in [0, 0.05) is 10.0 Å². The number of aliphatic hydroxyl groups is 1. The van der Waals surface area contributed by atoms with Crippen LogP contribution in [-0.2, 0) is 0 Å². The summed E-state index contributed by atoms with van der Waals surface area (Å²) < 4.78 is 29.4. The Hall–Kier alpha value is -1.21. The van der Waals surface area contributed by atoms with Gasteiger partial charge in [-0.2, -0.15) is 10.1 Å². The Labute approximate surface area is 116 Å². The molecule has 0 amide bonds. The summed E-state index contributed by atoms with van der Waals surface area (Å²) in [5.41, 5.74) is -1.06. The van der Waals surface area contributed by atoms with Crippen LogP contribution in [0.4, 0.5) is 0 Å². The molecule has 2 aromatic rings. The van der Waals surface area contributed by atoms with Crippen molar-refractivity contribution in [2.24, 2.45) is 0 Å². The summed E-state index contributed by atoms with van der Waals surface area (Å²) in [7, 11) is 1.50. The average molecular weight is 316 g/mol. The maximum Gasteiger partial charge on any atom is 0.244 e. The minimum absolute atomic E-state index is 0.126. The van der Waals surface area contributed by atoms with Crippen LogP contribution in [0.25, 0.3) is 5.52 Å². The van der Waals surface area contributed by atoms with Gasteiger partial charge in [-0.3, -0.25) is 0 Å². The zero-order valence-corrected chi connectivity index (χ0v) is 11.2. The molecule has 6 nitrogen and oxygen atoms in total.